The van der Waals surface area contributed by atoms with Gasteiger partial charge in [0.15, 0.2) is 0 Å². The first kappa shape index (κ1) is 15.6. The number of nitrogens with one attached hydrogen (secondary N) is 1. The molecular formula is C15H30N2OS. The summed E-state index contributed by atoms with van der Waals surface area (Å²) in [5, 5.41) is 0. The van der Waals surface area contributed by atoms with Crippen LogP contribution in [0, 0.1) is 11.3 Å². The van der Waals surface area contributed by atoms with Crippen molar-refractivity contribution in [3.8, 4) is 0 Å². The van der Waals surface area contributed by atoms with Crippen molar-refractivity contribution in [3.63, 3.8) is 0 Å². The summed E-state index contributed by atoms with van der Waals surface area (Å²) in [5.74, 6) is 9.05. The van der Waals surface area contributed by atoms with E-state index < -0.39 is 0 Å². The van der Waals surface area contributed by atoms with E-state index in [4.69, 9.17) is 10.6 Å². The van der Waals surface area contributed by atoms with Crippen molar-refractivity contribution >= 4 is 11.8 Å². The van der Waals surface area contributed by atoms with Gasteiger partial charge in [-0.15, -0.1) is 0 Å². The second-order valence-electron chi connectivity index (χ2n) is 6.88. The Balaban J connectivity index is 2.07. The van der Waals surface area contributed by atoms with Crippen molar-refractivity contribution in [2.24, 2.45) is 17.2 Å². The predicted octanol–water partition coefficient (Wildman–Crippen LogP) is 2.95. The average Bonchev–Trinajstić information content (AvgIpc) is 2.40. The average molecular weight is 286 g/mol. The Morgan fingerprint density at radius 3 is 2.68 bits per heavy atom. The normalized spacial score (nSPS) is 29.4. The van der Waals surface area contributed by atoms with Crippen LogP contribution in [0.25, 0.3) is 0 Å². The van der Waals surface area contributed by atoms with Crippen molar-refractivity contribution in [2.45, 2.75) is 64.5 Å². The topological polar surface area (TPSA) is 47.3 Å². The summed E-state index contributed by atoms with van der Waals surface area (Å²) < 4.78 is 6.20. The lowest BCUT2D eigenvalue weighted by molar-refractivity contribution is -0.113. The molecule has 0 aromatic carbocycles. The molecule has 112 valence electrons. The molecule has 0 saturated carbocycles. The zero-order valence-corrected chi connectivity index (χ0v) is 13.5. The fraction of sp³-hybridized carbons (Fsp3) is 1.00. The summed E-state index contributed by atoms with van der Waals surface area (Å²) in [6, 6.07) is 0.396. The van der Waals surface area contributed by atoms with Gasteiger partial charge in [0.2, 0.25) is 0 Å². The minimum Gasteiger partial charge on any atom is -0.375 e. The number of thioether (sulfide) groups is 1. The standard InChI is InChI=1S/C15H30N2OS/c1-4-14(2,3)13(17-16)12-5-8-18-15(11-12)6-9-19-10-7-15/h12-13,17H,4-11,16H2,1-3H3. The van der Waals surface area contributed by atoms with Crippen LogP contribution in [0.4, 0.5) is 0 Å². The Kier molecular flexibility index (Phi) is 5.21. The van der Waals surface area contributed by atoms with Crippen LogP contribution >= 0.6 is 11.8 Å². The number of rotatable bonds is 4. The van der Waals surface area contributed by atoms with Crippen LogP contribution in [0.15, 0.2) is 0 Å². The highest BCUT2D eigenvalue weighted by Gasteiger charge is 2.43. The molecule has 19 heavy (non-hydrogen) atoms. The zero-order valence-electron chi connectivity index (χ0n) is 12.7. The number of ether oxygens (including phenoxy) is 1. The van der Waals surface area contributed by atoms with Crippen molar-refractivity contribution in [3.05, 3.63) is 0 Å². The molecule has 2 aliphatic heterocycles. The molecule has 2 saturated heterocycles. The first-order valence-corrected chi connectivity index (χ1v) is 8.86. The molecule has 0 bridgehead atoms. The van der Waals surface area contributed by atoms with E-state index in [1.165, 1.54) is 30.8 Å². The van der Waals surface area contributed by atoms with Crippen LogP contribution < -0.4 is 11.3 Å². The maximum Gasteiger partial charge on any atom is 0.0701 e. The van der Waals surface area contributed by atoms with Crippen LogP contribution in [0.1, 0.15) is 52.9 Å². The molecule has 2 fully saturated rings. The molecule has 0 aliphatic carbocycles. The van der Waals surface area contributed by atoms with Gasteiger partial charge in [0, 0.05) is 12.6 Å². The number of hydrogen-bond acceptors (Lipinski definition) is 4. The van der Waals surface area contributed by atoms with Crippen LogP contribution in [-0.2, 0) is 4.74 Å². The zero-order chi connectivity index (χ0) is 13.9. The summed E-state index contributed by atoms with van der Waals surface area (Å²) in [7, 11) is 0. The number of nitrogens with two attached hydrogens (primary N) is 1. The maximum absolute atomic E-state index is 6.20. The van der Waals surface area contributed by atoms with Gasteiger partial charge in [-0.25, -0.2) is 0 Å². The van der Waals surface area contributed by atoms with E-state index >= 15 is 0 Å². The molecule has 0 amide bonds. The highest BCUT2D eigenvalue weighted by molar-refractivity contribution is 7.99. The summed E-state index contributed by atoms with van der Waals surface area (Å²) in [4.78, 5) is 0. The second-order valence-corrected chi connectivity index (χ2v) is 8.11. The van der Waals surface area contributed by atoms with E-state index in [1.807, 2.05) is 0 Å². The van der Waals surface area contributed by atoms with E-state index in [-0.39, 0.29) is 11.0 Å². The number of hydrogen-bond donors (Lipinski definition) is 2. The molecule has 4 heteroatoms. The minimum atomic E-state index is 0.160. The predicted molar refractivity (Wildman–Crippen MR) is 83.1 cm³/mol. The highest BCUT2D eigenvalue weighted by Crippen LogP contribution is 2.43. The maximum atomic E-state index is 6.20. The fourth-order valence-electron chi connectivity index (χ4n) is 3.66. The van der Waals surface area contributed by atoms with Gasteiger partial charge in [0.25, 0.3) is 0 Å². The Morgan fingerprint density at radius 1 is 1.42 bits per heavy atom. The third kappa shape index (κ3) is 3.46. The van der Waals surface area contributed by atoms with Crippen molar-refractivity contribution in [1.82, 2.24) is 5.43 Å². The quantitative estimate of drug-likeness (QED) is 0.616. The van der Waals surface area contributed by atoms with Crippen molar-refractivity contribution in [2.75, 3.05) is 18.1 Å². The molecule has 0 radical (unpaired) electrons. The molecule has 1 spiro atoms. The van der Waals surface area contributed by atoms with Crippen LogP contribution in [0.5, 0.6) is 0 Å². The minimum absolute atomic E-state index is 0.160. The molecule has 3 N–H and O–H groups in total. The smallest absolute Gasteiger partial charge is 0.0701 e. The largest absolute Gasteiger partial charge is 0.375 e. The fourth-order valence-corrected chi connectivity index (χ4v) is 4.90. The number of hydrazine groups is 1. The lowest BCUT2D eigenvalue weighted by Crippen LogP contribution is -2.55. The van der Waals surface area contributed by atoms with Gasteiger partial charge in [-0.2, -0.15) is 11.8 Å². The van der Waals surface area contributed by atoms with Crippen LogP contribution in [0.2, 0.25) is 0 Å². The lowest BCUT2D eigenvalue weighted by atomic mass is 9.69. The van der Waals surface area contributed by atoms with E-state index in [2.05, 4.69) is 38.0 Å². The molecule has 0 aromatic heterocycles. The molecular weight excluding hydrogens is 256 g/mol. The molecule has 0 aromatic rings. The van der Waals surface area contributed by atoms with E-state index in [9.17, 15) is 0 Å². The molecule has 2 atom stereocenters. The van der Waals surface area contributed by atoms with Gasteiger partial charge in [-0.05, 0) is 54.9 Å². The third-order valence-corrected chi connectivity index (χ3v) is 6.32. The third-order valence-electron chi connectivity index (χ3n) is 5.34. The van der Waals surface area contributed by atoms with Gasteiger partial charge in [-0.3, -0.25) is 11.3 Å². The summed E-state index contributed by atoms with van der Waals surface area (Å²) >= 11 is 2.07. The van der Waals surface area contributed by atoms with Crippen LogP contribution in [-0.4, -0.2) is 29.8 Å². The second kappa shape index (κ2) is 6.33. The first-order chi connectivity index (χ1) is 9.03. The Morgan fingerprint density at radius 2 is 2.11 bits per heavy atom. The van der Waals surface area contributed by atoms with E-state index in [0.717, 1.165) is 19.4 Å². The summed E-state index contributed by atoms with van der Waals surface area (Å²) in [6.07, 6.45) is 5.93. The SMILES string of the molecule is CCC(C)(C)C(NN)C1CCOC2(CCSCC2)C1. The van der Waals surface area contributed by atoms with E-state index in [1.54, 1.807) is 0 Å². The Labute approximate surface area is 122 Å². The van der Waals surface area contributed by atoms with Gasteiger partial charge in [-0.1, -0.05) is 20.8 Å². The summed E-state index contributed by atoms with van der Waals surface area (Å²) in [6.45, 7) is 7.83. The highest BCUT2D eigenvalue weighted by atomic mass is 32.2. The van der Waals surface area contributed by atoms with Gasteiger partial charge in [0.05, 0.1) is 5.60 Å². The van der Waals surface area contributed by atoms with E-state index in [0.29, 0.717) is 12.0 Å². The first-order valence-electron chi connectivity index (χ1n) is 7.71. The monoisotopic (exact) mass is 286 g/mol. The summed E-state index contributed by atoms with van der Waals surface area (Å²) in [5.41, 5.74) is 3.54. The Hall–Kier alpha value is 0.230. The lowest BCUT2D eigenvalue weighted by Gasteiger charge is -2.48. The van der Waals surface area contributed by atoms with Crippen molar-refractivity contribution < 1.29 is 4.74 Å². The molecule has 2 heterocycles. The van der Waals surface area contributed by atoms with Gasteiger partial charge >= 0.3 is 0 Å². The van der Waals surface area contributed by atoms with Crippen LogP contribution in [0.3, 0.4) is 0 Å². The molecule has 2 rings (SSSR count). The molecule has 3 nitrogen and oxygen atoms in total. The van der Waals surface area contributed by atoms with Gasteiger partial charge < -0.3 is 4.74 Å². The Bertz CT molecular complexity index is 284. The molecule has 2 unspecified atom stereocenters. The van der Waals surface area contributed by atoms with Crippen molar-refractivity contribution in [1.29, 1.82) is 0 Å². The van der Waals surface area contributed by atoms with Gasteiger partial charge in [0.1, 0.15) is 0 Å². The molecule has 2 aliphatic rings.